The Morgan fingerprint density at radius 2 is 0.955 bits per heavy atom. The quantitative estimate of drug-likeness (QED) is 0.128. The number of hydrogen-bond donors (Lipinski definition) is 6. The van der Waals surface area contributed by atoms with E-state index in [1.807, 2.05) is 13.8 Å². The van der Waals surface area contributed by atoms with Crippen LogP contribution in [0.4, 0.5) is 0 Å². The molecule has 0 aromatic heterocycles. The number of hydrazine groups is 2. The van der Waals surface area contributed by atoms with Crippen LogP contribution in [0.2, 0.25) is 0 Å². The molecule has 0 aliphatic rings. The minimum atomic E-state index is -0.606. The number of rotatable bonds is 17. The topological polar surface area (TPSA) is 157 Å². The summed E-state index contributed by atoms with van der Waals surface area (Å²) in [6, 6.07) is 9.79. The van der Waals surface area contributed by atoms with Crippen molar-refractivity contribution in [2.75, 3.05) is 0 Å². The Morgan fingerprint density at radius 3 is 1.30 bits per heavy atom. The van der Waals surface area contributed by atoms with Crippen molar-refractivity contribution in [3.05, 3.63) is 58.7 Å². The molecule has 10 nitrogen and oxygen atoms in total. The number of unbranched alkanes of at least 4 members (excludes halogenated alkanes) is 2. The zero-order chi connectivity index (χ0) is 32.5. The van der Waals surface area contributed by atoms with Gasteiger partial charge in [-0.25, -0.2) is 0 Å². The molecule has 0 saturated carbocycles. The van der Waals surface area contributed by atoms with Gasteiger partial charge in [-0.15, -0.1) is 0 Å². The van der Waals surface area contributed by atoms with Gasteiger partial charge in [0.05, 0.1) is 11.1 Å². The van der Waals surface area contributed by atoms with Crippen LogP contribution in [-0.2, 0) is 22.4 Å². The smallest absolute Gasteiger partial charge is 0.273 e. The van der Waals surface area contributed by atoms with E-state index in [2.05, 4.69) is 35.6 Å². The van der Waals surface area contributed by atoms with Gasteiger partial charge >= 0.3 is 0 Å². The summed E-state index contributed by atoms with van der Waals surface area (Å²) in [7, 11) is 0. The van der Waals surface area contributed by atoms with Crippen molar-refractivity contribution in [1.82, 2.24) is 21.7 Å². The molecule has 242 valence electrons. The lowest BCUT2D eigenvalue weighted by molar-refractivity contribution is -0.128. The van der Waals surface area contributed by atoms with Crippen LogP contribution in [0.25, 0.3) is 0 Å². The second kappa shape index (κ2) is 19.2. The average Bonchev–Trinajstić information content (AvgIpc) is 3.02. The van der Waals surface area contributed by atoms with Gasteiger partial charge in [-0.1, -0.05) is 65.5 Å². The Morgan fingerprint density at radius 1 is 0.568 bits per heavy atom. The third kappa shape index (κ3) is 11.5. The van der Waals surface area contributed by atoms with Gasteiger partial charge in [0.2, 0.25) is 11.8 Å². The van der Waals surface area contributed by atoms with Crippen molar-refractivity contribution in [2.45, 2.75) is 105 Å². The van der Waals surface area contributed by atoms with Crippen LogP contribution in [0, 0.1) is 11.8 Å². The summed E-state index contributed by atoms with van der Waals surface area (Å²) in [5, 5.41) is 20.4. The van der Waals surface area contributed by atoms with Crippen LogP contribution in [-0.4, -0.2) is 33.8 Å². The predicted octanol–water partition coefficient (Wildman–Crippen LogP) is 5.62. The van der Waals surface area contributed by atoms with E-state index in [0.717, 1.165) is 62.5 Å². The number of phenols is 2. The van der Waals surface area contributed by atoms with E-state index in [0.29, 0.717) is 25.7 Å². The molecule has 0 spiro atoms. The van der Waals surface area contributed by atoms with Crippen LogP contribution < -0.4 is 21.7 Å². The maximum atomic E-state index is 13.0. The molecule has 4 amide bonds. The fourth-order valence-electron chi connectivity index (χ4n) is 5.09. The first-order valence-electron chi connectivity index (χ1n) is 16.0. The van der Waals surface area contributed by atoms with E-state index in [1.54, 1.807) is 24.3 Å². The summed E-state index contributed by atoms with van der Waals surface area (Å²) in [6.45, 7) is 8.06. The lowest BCUT2D eigenvalue weighted by atomic mass is 9.89. The number of benzene rings is 2. The van der Waals surface area contributed by atoms with E-state index in [4.69, 9.17) is 0 Å². The highest BCUT2D eigenvalue weighted by Gasteiger charge is 2.25. The molecule has 2 atom stereocenters. The Balaban J connectivity index is 1.96. The SMILES string of the molecule is CCCCc1ccc(O)c(C(=O)NNC(=O)C(CCC)CCC(CCC)C(=O)NNC(=O)c2cc(CCCC)ccc2O)c1. The molecular weight excluding hydrogens is 560 g/mol. The first-order chi connectivity index (χ1) is 21.1. The molecule has 2 aromatic rings. The summed E-state index contributed by atoms with van der Waals surface area (Å²) in [4.78, 5) is 51.5. The number of carbonyl (C=O) groups is 4. The zero-order valence-corrected chi connectivity index (χ0v) is 26.6. The minimum absolute atomic E-state index is 0.0914. The lowest BCUT2D eigenvalue weighted by Gasteiger charge is -2.21. The number of phenolic OH excluding ortho intramolecular Hbond substituents is 2. The summed E-state index contributed by atoms with van der Waals surface area (Å²) in [5.41, 5.74) is 11.9. The van der Waals surface area contributed by atoms with Gasteiger partial charge in [0, 0.05) is 11.8 Å². The Kier molecular flexibility index (Phi) is 15.8. The van der Waals surface area contributed by atoms with E-state index < -0.39 is 23.7 Å². The monoisotopic (exact) mass is 610 g/mol. The molecule has 0 saturated heterocycles. The number of amides is 4. The van der Waals surface area contributed by atoms with Crippen molar-refractivity contribution >= 4 is 23.6 Å². The Hall–Kier alpha value is -4.08. The van der Waals surface area contributed by atoms with Gasteiger partial charge < -0.3 is 10.2 Å². The first kappa shape index (κ1) is 36.1. The number of aryl methyl sites for hydroxylation is 2. The number of aromatic hydroxyl groups is 2. The van der Waals surface area contributed by atoms with Crippen LogP contribution >= 0.6 is 0 Å². The van der Waals surface area contributed by atoms with Crippen molar-refractivity contribution in [2.24, 2.45) is 11.8 Å². The van der Waals surface area contributed by atoms with Crippen LogP contribution in [0.1, 0.15) is 124 Å². The highest BCUT2D eigenvalue weighted by Crippen LogP contribution is 2.23. The van der Waals surface area contributed by atoms with Crippen molar-refractivity contribution in [3.63, 3.8) is 0 Å². The maximum absolute atomic E-state index is 13.0. The van der Waals surface area contributed by atoms with Gasteiger partial charge in [0.1, 0.15) is 11.5 Å². The molecule has 2 unspecified atom stereocenters. The van der Waals surface area contributed by atoms with Crippen LogP contribution in [0.3, 0.4) is 0 Å². The molecule has 0 heterocycles. The Bertz CT molecular complexity index is 1150. The number of nitrogens with one attached hydrogen (secondary N) is 4. The van der Waals surface area contributed by atoms with Crippen molar-refractivity contribution in [1.29, 1.82) is 0 Å². The van der Waals surface area contributed by atoms with Gasteiger partial charge in [-0.05, 0) is 86.8 Å². The molecule has 44 heavy (non-hydrogen) atoms. The molecule has 0 bridgehead atoms. The molecule has 2 rings (SSSR count). The highest BCUT2D eigenvalue weighted by atomic mass is 16.3. The first-order valence-corrected chi connectivity index (χ1v) is 16.0. The zero-order valence-electron chi connectivity index (χ0n) is 26.6. The fourth-order valence-corrected chi connectivity index (χ4v) is 5.09. The standard InChI is InChI=1S/C34H50N4O6/c1-5-9-13-23-15-19-29(39)27(21-23)33(43)37-35-31(41)25(11-7-3)17-18-26(12-8-4)32(42)36-38-34(44)28-22-24(14-10-6-2)16-20-30(28)40/h15-16,19-22,25-26,39-40H,5-14,17-18H2,1-4H3,(H,35,41)(H,36,42)(H,37,43)(H,38,44). The van der Waals surface area contributed by atoms with E-state index in [-0.39, 0.29) is 34.4 Å². The molecule has 0 radical (unpaired) electrons. The third-order valence-corrected chi connectivity index (χ3v) is 7.73. The third-order valence-electron chi connectivity index (χ3n) is 7.73. The van der Waals surface area contributed by atoms with E-state index in [1.165, 1.54) is 12.1 Å². The van der Waals surface area contributed by atoms with E-state index in [9.17, 15) is 29.4 Å². The van der Waals surface area contributed by atoms with Gasteiger partial charge in [0.15, 0.2) is 0 Å². The molecular formula is C34H50N4O6. The fraction of sp³-hybridized carbons (Fsp3) is 0.529. The summed E-state index contributed by atoms with van der Waals surface area (Å²) >= 11 is 0. The second-order valence-electron chi connectivity index (χ2n) is 11.3. The van der Waals surface area contributed by atoms with Crippen LogP contribution in [0.5, 0.6) is 11.5 Å². The number of hydrogen-bond acceptors (Lipinski definition) is 6. The van der Waals surface area contributed by atoms with Crippen molar-refractivity contribution in [3.8, 4) is 11.5 Å². The molecule has 0 aliphatic carbocycles. The predicted molar refractivity (Wildman–Crippen MR) is 171 cm³/mol. The van der Waals surface area contributed by atoms with Gasteiger partial charge in [-0.2, -0.15) is 0 Å². The summed E-state index contributed by atoms with van der Waals surface area (Å²) in [6.07, 6.45) is 8.88. The van der Waals surface area contributed by atoms with E-state index >= 15 is 0 Å². The summed E-state index contributed by atoms with van der Waals surface area (Å²) in [5.74, 6) is -3.18. The Labute approximate surface area is 261 Å². The lowest BCUT2D eigenvalue weighted by Crippen LogP contribution is -2.46. The van der Waals surface area contributed by atoms with Gasteiger partial charge in [-0.3, -0.25) is 40.9 Å². The number of carbonyl (C=O) groups excluding carboxylic acids is 4. The van der Waals surface area contributed by atoms with Crippen molar-refractivity contribution < 1.29 is 29.4 Å². The average molecular weight is 611 g/mol. The minimum Gasteiger partial charge on any atom is -0.507 e. The van der Waals surface area contributed by atoms with Crippen LogP contribution in [0.15, 0.2) is 36.4 Å². The molecule has 0 aliphatic heterocycles. The summed E-state index contributed by atoms with van der Waals surface area (Å²) < 4.78 is 0. The maximum Gasteiger partial charge on any atom is 0.273 e. The molecule has 2 aromatic carbocycles. The molecule has 6 N–H and O–H groups in total. The largest absolute Gasteiger partial charge is 0.507 e. The normalized spacial score (nSPS) is 12.2. The molecule has 10 heteroatoms. The molecule has 0 fully saturated rings. The second-order valence-corrected chi connectivity index (χ2v) is 11.3. The van der Waals surface area contributed by atoms with Gasteiger partial charge in [0.25, 0.3) is 11.8 Å². The highest BCUT2D eigenvalue weighted by molar-refractivity contribution is 5.98.